The van der Waals surface area contributed by atoms with Crippen LogP contribution in [0.4, 0.5) is 14.5 Å². The third-order valence-corrected chi connectivity index (χ3v) is 5.97. The first-order valence-electron chi connectivity index (χ1n) is 11.4. The highest BCUT2D eigenvalue weighted by molar-refractivity contribution is 6.01. The fourth-order valence-electron chi connectivity index (χ4n) is 3.90. The van der Waals surface area contributed by atoms with Gasteiger partial charge in [-0.1, -0.05) is 39.0 Å². The first-order chi connectivity index (χ1) is 15.8. The van der Waals surface area contributed by atoms with E-state index in [0.717, 1.165) is 57.0 Å². The monoisotopic (exact) mass is 458 g/mol. The molecule has 2 aromatic rings. The lowest BCUT2D eigenvalue weighted by atomic mass is 10.0. The quantitative estimate of drug-likeness (QED) is 0.636. The van der Waals surface area contributed by atoms with Crippen LogP contribution in [0.2, 0.25) is 0 Å². The zero-order valence-electron chi connectivity index (χ0n) is 19.4. The van der Waals surface area contributed by atoms with E-state index in [-0.39, 0.29) is 5.92 Å². The van der Waals surface area contributed by atoms with Gasteiger partial charge in [-0.3, -0.25) is 14.5 Å². The third kappa shape index (κ3) is 6.58. The van der Waals surface area contributed by atoms with Crippen LogP contribution in [0.1, 0.15) is 36.7 Å². The normalized spacial score (nSPS) is 15.9. The third-order valence-electron chi connectivity index (χ3n) is 5.97. The molecule has 0 aromatic heterocycles. The predicted molar refractivity (Wildman–Crippen MR) is 125 cm³/mol. The zero-order valence-corrected chi connectivity index (χ0v) is 19.4. The molecule has 0 spiro atoms. The Kier molecular flexibility index (Phi) is 8.52. The Morgan fingerprint density at radius 1 is 0.939 bits per heavy atom. The summed E-state index contributed by atoms with van der Waals surface area (Å²) in [4.78, 5) is 30.1. The molecule has 1 fully saturated rings. The van der Waals surface area contributed by atoms with Gasteiger partial charge in [-0.25, -0.2) is 8.78 Å². The zero-order chi connectivity index (χ0) is 24.0. The van der Waals surface area contributed by atoms with Crippen LogP contribution in [0, 0.1) is 17.6 Å². The molecule has 1 aliphatic rings. The number of carbonyl (C=O) groups excluding carboxylic acids is 2. The van der Waals surface area contributed by atoms with Gasteiger partial charge in [0.1, 0.15) is 23.2 Å². The van der Waals surface area contributed by atoms with Gasteiger partial charge in [-0.2, -0.15) is 0 Å². The van der Waals surface area contributed by atoms with Crippen LogP contribution < -0.4 is 10.6 Å². The van der Waals surface area contributed by atoms with Crippen LogP contribution in [0.25, 0.3) is 0 Å². The maximum Gasteiger partial charge on any atom is 0.257 e. The molecule has 1 heterocycles. The van der Waals surface area contributed by atoms with Crippen LogP contribution in [0.3, 0.4) is 0 Å². The molecular weight excluding hydrogens is 426 g/mol. The molecule has 8 heteroatoms. The number of likely N-dealkylation sites (N-methyl/N-ethyl adjacent to an activating group) is 1. The lowest BCUT2D eigenvalue weighted by Gasteiger charge is -2.34. The molecule has 0 aliphatic carbocycles. The molecule has 33 heavy (non-hydrogen) atoms. The number of hydrogen-bond acceptors (Lipinski definition) is 4. The minimum Gasteiger partial charge on any atom is -0.340 e. The molecule has 0 bridgehead atoms. The number of hydrogen-bond donors (Lipinski definition) is 2. The van der Waals surface area contributed by atoms with Gasteiger partial charge in [0.25, 0.3) is 5.91 Å². The molecule has 0 saturated carbocycles. The van der Waals surface area contributed by atoms with E-state index >= 15 is 0 Å². The number of benzene rings is 2. The second-order valence-corrected chi connectivity index (χ2v) is 8.69. The summed E-state index contributed by atoms with van der Waals surface area (Å²) in [5.74, 6) is -3.63. The van der Waals surface area contributed by atoms with Crippen LogP contribution in [-0.4, -0.2) is 60.4 Å². The van der Waals surface area contributed by atoms with Gasteiger partial charge in [0.05, 0.1) is 0 Å². The first-order valence-corrected chi connectivity index (χ1v) is 11.4. The van der Waals surface area contributed by atoms with Gasteiger partial charge in [0.2, 0.25) is 5.91 Å². The van der Waals surface area contributed by atoms with E-state index in [9.17, 15) is 18.4 Å². The summed E-state index contributed by atoms with van der Waals surface area (Å²) >= 11 is 0. The van der Waals surface area contributed by atoms with E-state index in [4.69, 9.17) is 0 Å². The molecule has 2 amide bonds. The highest BCUT2D eigenvalue weighted by atomic mass is 19.1. The number of amides is 2. The Bertz CT molecular complexity index is 937. The van der Waals surface area contributed by atoms with Crippen molar-refractivity contribution in [3.8, 4) is 0 Å². The number of halogens is 2. The molecule has 2 N–H and O–H groups in total. The van der Waals surface area contributed by atoms with E-state index in [0.29, 0.717) is 5.69 Å². The van der Waals surface area contributed by atoms with Crippen LogP contribution in [-0.2, 0) is 11.3 Å². The standard InChI is InChI=1S/C25H32F2N4O2/c1-4-30-12-14-31(15-13-30)16-18-8-10-19(11-9-18)28-25(33)23(17(2)3)29-24(32)22-20(26)6-5-7-21(22)27/h5-11,17,23H,4,12-16H2,1-3H3,(H,28,33)(H,29,32)/t23-/m0/s1. The second kappa shape index (κ2) is 11.3. The number of anilines is 1. The van der Waals surface area contributed by atoms with Gasteiger partial charge in [0.15, 0.2) is 0 Å². The number of piperazine rings is 1. The lowest BCUT2D eigenvalue weighted by molar-refractivity contribution is -0.118. The fourth-order valence-corrected chi connectivity index (χ4v) is 3.90. The van der Waals surface area contributed by atoms with E-state index in [2.05, 4.69) is 27.4 Å². The summed E-state index contributed by atoms with van der Waals surface area (Å²) < 4.78 is 27.9. The number of rotatable bonds is 8. The molecule has 6 nitrogen and oxygen atoms in total. The van der Waals surface area contributed by atoms with Crippen molar-refractivity contribution in [2.45, 2.75) is 33.4 Å². The minimum atomic E-state index is -0.970. The Morgan fingerprint density at radius 2 is 1.52 bits per heavy atom. The minimum absolute atomic E-state index is 0.287. The van der Waals surface area contributed by atoms with Gasteiger partial charge < -0.3 is 15.5 Å². The van der Waals surface area contributed by atoms with Crippen molar-refractivity contribution >= 4 is 17.5 Å². The van der Waals surface area contributed by atoms with Gasteiger partial charge in [-0.15, -0.1) is 0 Å². The average molecular weight is 459 g/mol. The van der Waals surface area contributed by atoms with E-state index in [1.807, 2.05) is 24.3 Å². The number of nitrogens with zero attached hydrogens (tertiary/aromatic N) is 2. The maximum atomic E-state index is 13.9. The Labute approximate surface area is 194 Å². The van der Waals surface area contributed by atoms with Crippen molar-refractivity contribution in [1.82, 2.24) is 15.1 Å². The van der Waals surface area contributed by atoms with Gasteiger partial charge >= 0.3 is 0 Å². The second-order valence-electron chi connectivity index (χ2n) is 8.69. The molecule has 0 unspecified atom stereocenters. The molecular formula is C25H32F2N4O2. The van der Waals surface area contributed by atoms with Crippen molar-refractivity contribution in [2.24, 2.45) is 5.92 Å². The smallest absolute Gasteiger partial charge is 0.257 e. The van der Waals surface area contributed by atoms with Crippen molar-refractivity contribution in [3.05, 3.63) is 65.2 Å². The molecule has 1 atom stereocenters. The Hall–Kier alpha value is -2.84. The van der Waals surface area contributed by atoms with Gasteiger partial charge in [-0.05, 0) is 42.3 Å². The largest absolute Gasteiger partial charge is 0.340 e. The highest BCUT2D eigenvalue weighted by Crippen LogP contribution is 2.16. The molecule has 1 aliphatic heterocycles. The van der Waals surface area contributed by atoms with E-state index in [1.54, 1.807) is 13.8 Å². The summed E-state index contributed by atoms with van der Waals surface area (Å²) in [6.45, 7) is 11.8. The average Bonchev–Trinajstić information content (AvgIpc) is 2.79. The summed E-state index contributed by atoms with van der Waals surface area (Å²) in [6, 6.07) is 9.84. The van der Waals surface area contributed by atoms with Crippen LogP contribution in [0.5, 0.6) is 0 Å². The Morgan fingerprint density at radius 3 is 2.06 bits per heavy atom. The van der Waals surface area contributed by atoms with E-state index < -0.39 is 35.1 Å². The number of carbonyl (C=O) groups is 2. The summed E-state index contributed by atoms with van der Waals surface area (Å²) in [7, 11) is 0. The maximum absolute atomic E-state index is 13.9. The molecule has 178 valence electrons. The van der Waals surface area contributed by atoms with Gasteiger partial charge in [0, 0.05) is 38.4 Å². The van der Waals surface area contributed by atoms with Crippen molar-refractivity contribution in [3.63, 3.8) is 0 Å². The first kappa shape index (κ1) is 24.8. The Balaban J connectivity index is 1.59. The number of nitrogens with one attached hydrogen (secondary N) is 2. The van der Waals surface area contributed by atoms with Crippen molar-refractivity contribution < 1.29 is 18.4 Å². The fraction of sp³-hybridized carbons (Fsp3) is 0.440. The summed E-state index contributed by atoms with van der Waals surface area (Å²) in [6.07, 6.45) is 0. The highest BCUT2D eigenvalue weighted by Gasteiger charge is 2.27. The van der Waals surface area contributed by atoms with Crippen LogP contribution >= 0.6 is 0 Å². The lowest BCUT2D eigenvalue weighted by Crippen LogP contribution is -2.47. The molecule has 1 saturated heterocycles. The summed E-state index contributed by atoms with van der Waals surface area (Å²) in [5, 5.41) is 5.26. The topological polar surface area (TPSA) is 64.7 Å². The van der Waals surface area contributed by atoms with E-state index in [1.165, 1.54) is 6.07 Å². The molecule has 3 rings (SSSR count). The SMILES string of the molecule is CCN1CCN(Cc2ccc(NC(=O)[C@@H](NC(=O)c3c(F)cccc3F)C(C)C)cc2)CC1. The predicted octanol–water partition coefficient (Wildman–Crippen LogP) is 3.50. The molecule has 2 aromatic carbocycles. The van der Waals surface area contributed by atoms with Crippen molar-refractivity contribution in [2.75, 3.05) is 38.0 Å². The van der Waals surface area contributed by atoms with Crippen molar-refractivity contribution in [1.29, 1.82) is 0 Å². The molecule has 0 radical (unpaired) electrons. The summed E-state index contributed by atoms with van der Waals surface area (Å²) in [5.41, 5.74) is 1.05. The van der Waals surface area contributed by atoms with Crippen LogP contribution in [0.15, 0.2) is 42.5 Å².